The number of aliphatic hydroxyl groups is 1. The molecule has 0 amide bonds. The highest BCUT2D eigenvalue weighted by molar-refractivity contribution is 5.69. The van der Waals surface area contributed by atoms with E-state index in [4.69, 9.17) is 9.84 Å². The maximum absolute atomic E-state index is 11.4. The van der Waals surface area contributed by atoms with Crippen LogP contribution in [0.15, 0.2) is 0 Å². The quantitative estimate of drug-likeness (QED) is 0.124. The molecule has 3 nitrogen and oxygen atoms in total. The first-order valence-corrected chi connectivity index (χ1v) is 13.5. The average Bonchev–Trinajstić information content (AvgIpc) is 2.73. The van der Waals surface area contributed by atoms with Gasteiger partial charge in [-0.15, -0.1) is 0 Å². The minimum Gasteiger partial charge on any atom is -0.463 e. The van der Waals surface area contributed by atoms with Crippen molar-refractivity contribution in [3.05, 3.63) is 0 Å². The second kappa shape index (κ2) is 24.7. The SMILES string of the molecule is CCCCCCCCCCCCCCCCCCCCCCCC(=O)OCC(C)O. The Morgan fingerprint density at radius 1 is 0.600 bits per heavy atom. The van der Waals surface area contributed by atoms with Crippen molar-refractivity contribution in [1.82, 2.24) is 0 Å². The summed E-state index contributed by atoms with van der Waals surface area (Å²) in [5.41, 5.74) is 0. The van der Waals surface area contributed by atoms with E-state index in [1.165, 1.54) is 122 Å². The Bertz CT molecular complexity index is 341. The number of hydrogen-bond acceptors (Lipinski definition) is 3. The predicted molar refractivity (Wildman–Crippen MR) is 130 cm³/mol. The highest BCUT2D eigenvalue weighted by Crippen LogP contribution is 2.15. The molecule has 180 valence electrons. The summed E-state index contributed by atoms with van der Waals surface area (Å²) in [7, 11) is 0. The fourth-order valence-corrected chi connectivity index (χ4v) is 3.99. The number of carbonyl (C=O) groups is 1. The minimum absolute atomic E-state index is 0.123. The van der Waals surface area contributed by atoms with E-state index in [0.717, 1.165) is 12.8 Å². The summed E-state index contributed by atoms with van der Waals surface area (Å²) in [4.78, 5) is 11.4. The normalized spacial score (nSPS) is 12.2. The molecule has 0 aliphatic rings. The molecule has 0 aliphatic carbocycles. The Morgan fingerprint density at radius 3 is 1.20 bits per heavy atom. The van der Waals surface area contributed by atoms with Crippen molar-refractivity contribution in [2.75, 3.05) is 6.61 Å². The number of carbonyl (C=O) groups excluding carboxylic acids is 1. The maximum atomic E-state index is 11.4. The lowest BCUT2D eigenvalue weighted by Crippen LogP contribution is -2.14. The Kier molecular flexibility index (Phi) is 24.2. The fraction of sp³-hybridized carbons (Fsp3) is 0.963. The van der Waals surface area contributed by atoms with Crippen LogP contribution in [0, 0.1) is 0 Å². The van der Waals surface area contributed by atoms with Crippen molar-refractivity contribution in [2.24, 2.45) is 0 Å². The van der Waals surface area contributed by atoms with Crippen LogP contribution in [0.2, 0.25) is 0 Å². The number of rotatable bonds is 24. The molecule has 0 heterocycles. The number of ether oxygens (including phenoxy) is 1. The van der Waals surface area contributed by atoms with E-state index in [1.54, 1.807) is 6.92 Å². The molecule has 0 aromatic heterocycles. The van der Waals surface area contributed by atoms with Crippen molar-refractivity contribution in [2.45, 2.75) is 161 Å². The van der Waals surface area contributed by atoms with Crippen molar-refractivity contribution in [1.29, 1.82) is 0 Å². The molecule has 0 aromatic rings. The summed E-state index contributed by atoms with van der Waals surface area (Å²) in [6.07, 6.45) is 28.7. The van der Waals surface area contributed by atoms with Crippen LogP contribution in [0.3, 0.4) is 0 Å². The van der Waals surface area contributed by atoms with Gasteiger partial charge in [0.1, 0.15) is 6.61 Å². The Morgan fingerprint density at radius 2 is 0.900 bits per heavy atom. The van der Waals surface area contributed by atoms with Crippen LogP contribution < -0.4 is 0 Å². The maximum Gasteiger partial charge on any atom is 0.305 e. The number of hydrogen-bond donors (Lipinski definition) is 1. The van der Waals surface area contributed by atoms with E-state index in [9.17, 15) is 4.79 Å². The third kappa shape index (κ3) is 25.5. The fourth-order valence-electron chi connectivity index (χ4n) is 3.99. The molecule has 0 aliphatic heterocycles. The van der Waals surface area contributed by atoms with Gasteiger partial charge < -0.3 is 9.84 Å². The van der Waals surface area contributed by atoms with E-state index >= 15 is 0 Å². The Labute approximate surface area is 188 Å². The highest BCUT2D eigenvalue weighted by Gasteiger charge is 2.04. The molecule has 0 spiro atoms. The first-order valence-electron chi connectivity index (χ1n) is 13.5. The molecule has 0 rings (SSSR count). The zero-order valence-electron chi connectivity index (χ0n) is 20.6. The van der Waals surface area contributed by atoms with Crippen molar-refractivity contribution < 1.29 is 14.6 Å². The van der Waals surface area contributed by atoms with E-state index in [-0.39, 0.29) is 12.6 Å². The van der Waals surface area contributed by atoms with Gasteiger partial charge in [0.2, 0.25) is 0 Å². The molecule has 1 unspecified atom stereocenters. The standard InChI is InChI=1S/C27H54O3/c1-3-4-5-6-7-8-9-10-11-12-13-14-15-16-17-18-19-20-21-22-23-24-27(29)30-25-26(2)28/h26,28H,3-25H2,1-2H3. The number of aliphatic hydroxyl groups excluding tert-OH is 1. The molecule has 3 heteroatoms. The molecule has 0 bridgehead atoms. The summed E-state index contributed by atoms with van der Waals surface area (Å²) in [5, 5.41) is 9.07. The molecular formula is C27H54O3. The Balaban J connectivity index is 3.07. The summed E-state index contributed by atoms with van der Waals surface area (Å²) in [6, 6.07) is 0. The lowest BCUT2D eigenvalue weighted by Gasteiger charge is -2.06. The molecule has 0 saturated heterocycles. The topological polar surface area (TPSA) is 46.5 Å². The van der Waals surface area contributed by atoms with Crippen molar-refractivity contribution in [3.8, 4) is 0 Å². The summed E-state index contributed by atoms with van der Waals surface area (Å²) >= 11 is 0. The zero-order valence-corrected chi connectivity index (χ0v) is 20.6. The first-order chi connectivity index (χ1) is 14.7. The van der Waals surface area contributed by atoms with Crippen LogP contribution in [0.4, 0.5) is 0 Å². The third-order valence-corrected chi connectivity index (χ3v) is 5.97. The van der Waals surface area contributed by atoms with Crippen LogP contribution in [0.25, 0.3) is 0 Å². The molecule has 0 fully saturated rings. The monoisotopic (exact) mass is 426 g/mol. The third-order valence-electron chi connectivity index (χ3n) is 5.97. The van der Waals surface area contributed by atoms with Crippen molar-refractivity contribution >= 4 is 5.97 Å². The van der Waals surface area contributed by atoms with Crippen LogP contribution in [-0.4, -0.2) is 23.8 Å². The second-order valence-corrected chi connectivity index (χ2v) is 9.35. The first kappa shape index (κ1) is 29.4. The van der Waals surface area contributed by atoms with Gasteiger partial charge in [-0.3, -0.25) is 4.79 Å². The van der Waals surface area contributed by atoms with Gasteiger partial charge in [-0.1, -0.05) is 135 Å². The van der Waals surface area contributed by atoms with Crippen LogP contribution in [0.5, 0.6) is 0 Å². The smallest absolute Gasteiger partial charge is 0.305 e. The average molecular weight is 427 g/mol. The largest absolute Gasteiger partial charge is 0.463 e. The summed E-state index contributed by atoms with van der Waals surface area (Å²) < 4.78 is 4.96. The number of esters is 1. The summed E-state index contributed by atoms with van der Waals surface area (Å²) in [6.45, 7) is 4.04. The Hall–Kier alpha value is -0.570. The van der Waals surface area contributed by atoms with Gasteiger partial charge in [-0.2, -0.15) is 0 Å². The second-order valence-electron chi connectivity index (χ2n) is 9.35. The highest BCUT2D eigenvalue weighted by atomic mass is 16.5. The molecule has 0 radical (unpaired) electrons. The van der Waals surface area contributed by atoms with Crippen LogP contribution in [-0.2, 0) is 9.53 Å². The van der Waals surface area contributed by atoms with E-state index < -0.39 is 6.10 Å². The van der Waals surface area contributed by atoms with Gasteiger partial charge in [0.05, 0.1) is 6.10 Å². The van der Waals surface area contributed by atoms with Crippen molar-refractivity contribution in [3.63, 3.8) is 0 Å². The van der Waals surface area contributed by atoms with Gasteiger partial charge in [0.15, 0.2) is 0 Å². The van der Waals surface area contributed by atoms with Gasteiger partial charge in [-0.05, 0) is 13.3 Å². The van der Waals surface area contributed by atoms with Crippen LogP contribution >= 0.6 is 0 Å². The van der Waals surface area contributed by atoms with Gasteiger partial charge >= 0.3 is 5.97 Å². The minimum atomic E-state index is -0.561. The molecule has 1 atom stereocenters. The van der Waals surface area contributed by atoms with Crippen LogP contribution in [0.1, 0.15) is 155 Å². The molecule has 1 N–H and O–H groups in total. The molecule has 0 aromatic carbocycles. The molecular weight excluding hydrogens is 372 g/mol. The van der Waals surface area contributed by atoms with E-state index in [1.807, 2.05) is 0 Å². The zero-order chi connectivity index (χ0) is 22.1. The number of unbranched alkanes of at least 4 members (excludes halogenated alkanes) is 20. The van der Waals surface area contributed by atoms with E-state index in [0.29, 0.717) is 6.42 Å². The van der Waals surface area contributed by atoms with Gasteiger partial charge in [0, 0.05) is 6.42 Å². The lowest BCUT2D eigenvalue weighted by molar-refractivity contribution is -0.146. The molecule has 0 saturated carbocycles. The van der Waals surface area contributed by atoms with Gasteiger partial charge in [0.25, 0.3) is 0 Å². The summed E-state index contributed by atoms with van der Waals surface area (Å²) in [5.74, 6) is -0.172. The predicted octanol–water partition coefficient (Wildman–Crippen LogP) is 8.51. The van der Waals surface area contributed by atoms with E-state index in [2.05, 4.69) is 6.92 Å². The lowest BCUT2D eigenvalue weighted by atomic mass is 10.0. The molecule has 30 heavy (non-hydrogen) atoms. The van der Waals surface area contributed by atoms with Gasteiger partial charge in [-0.25, -0.2) is 0 Å².